The second-order valence-corrected chi connectivity index (χ2v) is 6.32. The third-order valence-corrected chi connectivity index (χ3v) is 4.52. The van der Waals surface area contributed by atoms with E-state index in [0.717, 1.165) is 10.1 Å². The number of benzene rings is 1. The van der Waals surface area contributed by atoms with Crippen molar-refractivity contribution in [2.24, 2.45) is 14.1 Å². The van der Waals surface area contributed by atoms with Crippen LogP contribution in [-0.2, 0) is 32.0 Å². The van der Waals surface area contributed by atoms with Gasteiger partial charge in [-0.1, -0.05) is 18.2 Å². The molecular formula is C18H21N5O4. The molecule has 0 bridgehead atoms. The van der Waals surface area contributed by atoms with Crippen molar-refractivity contribution >= 4 is 17.1 Å². The van der Waals surface area contributed by atoms with Crippen molar-refractivity contribution in [3.8, 4) is 5.75 Å². The number of ether oxygens (including phenoxy) is 1. The Bertz CT molecular complexity index is 1120. The molecule has 0 aliphatic carbocycles. The minimum atomic E-state index is -0.578. The highest BCUT2D eigenvalue weighted by molar-refractivity contribution is 5.76. The Kier molecular flexibility index (Phi) is 4.85. The fourth-order valence-electron chi connectivity index (χ4n) is 2.97. The van der Waals surface area contributed by atoms with E-state index in [0.29, 0.717) is 17.9 Å². The average Bonchev–Trinajstić information content (AvgIpc) is 3.05. The van der Waals surface area contributed by atoms with Crippen LogP contribution in [0.4, 0.5) is 0 Å². The Hall–Kier alpha value is -3.36. The maximum Gasteiger partial charge on any atom is 0.332 e. The average molecular weight is 371 g/mol. The number of likely N-dealkylation sites (N-methyl/N-ethyl adjacent to an activating group) is 1. The highest BCUT2D eigenvalue weighted by Crippen LogP contribution is 2.18. The molecule has 0 saturated heterocycles. The van der Waals surface area contributed by atoms with Crippen LogP contribution >= 0.6 is 0 Å². The molecule has 142 valence electrons. The number of fused-ring (bicyclic) bond motifs is 1. The van der Waals surface area contributed by atoms with Crippen molar-refractivity contribution in [2.75, 3.05) is 14.2 Å². The molecule has 27 heavy (non-hydrogen) atoms. The van der Waals surface area contributed by atoms with Crippen LogP contribution in [-0.4, -0.2) is 43.6 Å². The topological polar surface area (TPSA) is 91.4 Å². The maximum absolute atomic E-state index is 12.7. The number of carbonyl (C=O) groups excluding carboxylic acids is 1. The molecule has 2 heterocycles. The summed E-state index contributed by atoms with van der Waals surface area (Å²) < 4.78 is 9.04. The van der Waals surface area contributed by atoms with E-state index in [1.807, 2.05) is 24.3 Å². The molecule has 0 N–H and O–H groups in total. The minimum Gasteiger partial charge on any atom is -0.496 e. The fourth-order valence-corrected chi connectivity index (χ4v) is 2.97. The summed E-state index contributed by atoms with van der Waals surface area (Å²) in [5.41, 5.74) is 0.284. The van der Waals surface area contributed by atoms with Gasteiger partial charge in [0.05, 0.1) is 13.4 Å². The van der Waals surface area contributed by atoms with Gasteiger partial charge in [-0.05, 0) is 6.07 Å². The Morgan fingerprint density at radius 1 is 1.22 bits per heavy atom. The van der Waals surface area contributed by atoms with E-state index in [4.69, 9.17) is 4.74 Å². The van der Waals surface area contributed by atoms with E-state index in [-0.39, 0.29) is 18.0 Å². The Morgan fingerprint density at radius 3 is 2.63 bits per heavy atom. The number of hydrogen-bond acceptors (Lipinski definition) is 5. The lowest BCUT2D eigenvalue weighted by Gasteiger charge is -2.19. The molecule has 3 rings (SSSR count). The quantitative estimate of drug-likeness (QED) is 0.634. The molecule has 0 spiro atoms. The van der Waals surface area contributed by atoms with Crippen molar-refractivity contribution in [1.82, 2.24) is 23.6 Å². The first kappa shape index (κ1) is 18.4. The van der Waals surface area contributed by atoms with Crippen molar-refractivity contribution in [3.63, 3.8) is 0 Å². The van der Waals surface area contributed by atoms with Crippen LogP contribution < -0.4 is 16.0 Å². The van der Waals surface area contributed by atoms with Crippen LogP contribution in [0, 0.1) is 0 Å². The van der Waals surface area contributed by atoms with Gasteiger partial charge in [0.15, 0.2) is 11.2 Å². The lowest BCUT2D eigenvalue weighted by Crippen LogP contribution is -2.43. The predicted octanol–water partition coefficient (Wildman–Crippen LogP) is 0.101. The van der Waals surface area contributed by atoms with Gasteiger partial charge in [0, 0.05) is 33.3 Å². The Balaban J connectivity index is 1.91. The molecule has 0 aliphatic heterocycles. The number of carbonyl (C=O) groups is 1. The molecule has 2 aromatic heterocycles. The number of imidazole rings is 1. The lowest BCUT2D eigenvalue weighted by molar-refractivity contribution is -0.131. The Morgan fingerprint density at radius 2 is 1.93 bits per heavy atom. The summed E-state index contributed by atoms with van der Waals surface area (Å²) in [5, 5.41) is 0. The van der Waals surface area contributed by atoms with Gasteiger partial charge in [-0.15, -0.1) is 0 Å². The monoisotopic (exact) mass is 371 g/mol. The molecule has 0 atom stereocenters. The molecule has 0 saturated carbocycles. The van der Waals surface area contributed by atoms with Gasteiger partial charge < -0.3 is 14.2 Å². The molecule has 1 amide bonds. The fraction of sp³-hybridized carbons (Fsp3) is 0.333. The molecule has 1 aromatic carbocycles. The first-order chi connectivity index (χ1) is 12.8. The predicted molar refractivity (Wildman–Crippen MR) is 99.7 cm³/mol. The highest BCUT2D eigenvalue weighted by atomic mass is 16.5. The summed E-state index contributed by atoms with van der Waals surface area (Å²) in [7, 11) is 6.37. The summed E-state index contributed by atoms with van der Waals surface area (Å²) in [4.78, 5) is 43.4. The van der Waals surface area contributed by atoms with E-state index in [9.17, 15) is 14.4 Å². The van der Waals surface area contributed by atoms with E-state index in [1.54, 1.807) is 21.2 Å². The second kappa shape index (κ2) is 7.10. The summed E-state index contributed by atoms with van der Waals surface area (Å²) in [5.74, 6) is 0.308. The van der Waals surface area contributed by atoms with Gasteiger partial charge in [-0.2, -0.15) is 0 Å². The van der Waals surface area contributed by atoms with Crippen molar-refractivity contribution in [1.29, 1.82) is 0 Å². The summed E-state index contributed by atoms with van der Waals surface area (Å²) in [6.45, 7) is -0.0514. The van der Waals surface area contributed by atoms with Crippen LogP contribution in [0.2, 0.25) is 0 Å². The van der Waals surface area contributed by atoms with E-state index >= 15 is 0 Å². The number of amides is 1. The number of rotatable bonds is 5. The van der Waals surface area contributed by atoms with Crippen LogP contribution in [0.15, 0.2) is 40.2 Å². The molecule has 0 fully saturated rings. The number of aryl methyl sites for hydroxylation is 2. The largest absolute Gasteiger partial charge is 0.496 e. The van der Waals surface area contributed by atoms with E-state index in [2.05, 4.69) is 4.98 Å². The summed E-state index contributed by atoms with van der Waals surface area (Å²) in [6.07, 6.45) is 1.46. The molecule has 9 heteroatoms. The summed E-state index contributed by atoms with van der Waals surface area (Å²) in [6, 6.07) is 7.36. The van der Waals surface area contributed by atoms with Gasteiger partial charge in [-0.3, -0.25) is 14.2 Å². The van der Waals surface area contributed by atoms with Crippen LogP contribution in [0.25, 0.3) is 11.2 Å². The van der Waals surface area contributed by atoms with Gasteiger partial charge in [0.2, 0.25) is 5.91 Å². The van der Waals surface area contributed by atoms with Crippen LogP contribution in [0.1, 0.15) is 5.56 Å². The Labute approximate surface area is 155 Å². The number of nitrogens with zero attached hydrogens (tertiary/aromatic N) is 5. The zero-order valence-corrected chi connectivity index (χ0v) is 15.7. The normalized spacial score (nSPS) is 11.0. The van der Waals surface area contributed by atoms with Crippen molar-refractivity contribution in [2.45, 2.75) is 13.1 Å². The van der Waals surface area contributed by atoms with Crippen molar-refractivity contribution in [3.05, 3.63) is 57.0 Å². The highest BCUT2D eigenvalue weighted by Gasteiger charge is 2.19. The molecule has 9 nitrogen and oxygen atoms in total. The second-order valence-electron chi connectivity index (χ2n) is 6.32. The number of hydrogen-bond donors (Lipinski definition) is 0. The maximum atomic E-state index is 12.7. The molecular weight excluding hydrogens is 350 g/mol. The van der Waals surface area contributed by atoms with Gasteiger partial charge in [0.1, 0.15) is 12.3 Å². The third kappa shape index (κ3) is 3.23. The van der Waals surface area contributed by atoms with Gasteiger partial charge >= 0.3 is 5.69 Å². The van der Waals surface area contributed by atoms with E-state index < -0.39 is 11.2 Å². The van der Waals surface area contributed by atoms with E-state index in [1.165, 1.54) is 27.4 Å². The summed E-state index contributed by atoms with van der Waals surface area (Å²) >= 11 is 0. The zero-order valence-electron chi connectivity index (χ0n) is 15.7. The van der Waals surface area contributed by atoms with Crippen LogP contribution in [0.3, 0.4) is 0 Å². The third-order valence-electron chi connectivity index (χ3n) is 4.52. The minimum absolute atomic E-state index is 0.275. The molecule has 0 unspecified atom stereocenters. The standard InChI is InChI=1S/C18H21N5O4/c1-20(9-12-7-5-6-8-13(12)27-4)14(24)10-23-17(25)15-16(19-11-21(15)2)22(3)18(23)26/h5-8,11H,9-10H2,1-4H3. The lowest BCUT2D eigenvalue weighted by atomic mass is 10.2. The zero-order chi connectivity index (χ0) is 19.7. The smallest absolute Gasteiger partial charge is 0.332 e. The molecule has 0 radical (unpaired) electrons. The van der Waals surface area contributed by atoms with Gasteiger partial charge in [0.25, 0.3) is 5.56 Å². The number of aromatic nitrogens is 4. The first-order valence-corrected chi connectivity index (χ1v) is 8.31. The number of methoxy groups -OCH3 is 1. The number of para-hydroxylation sites is 1. The SMILES string of the molecule is COc1ccccc1CN(C)C(=O)Cn1c(=O)c2c(ncn2C)n(C)c1=O. The van der Waals surface area contributed by atoms with Crippen LogP contribution in [0.5, 0.6) is 5.75 Å². The first-order valence-electron chi connectivity index (χ1n) is 8.31. The van der Waals surface area contributed by atoms with Crippen molar-refractivity contribution < 1.29 is 9.53 Å². The van der Waals surface area contributed by atoms with Gasteiger partial charge in [-0.25, -0.2) is 14.3 Å². The molecule has 3 aromatic rings. The molecule has 0 aliphatic rings.